The van der Waals surface area contributed by atoms with Crippen LogP contribution in [0, 0.1) is 0 Å². The number of nitrogens with zero attached hydrogens (tertiary/aromatic N) is 1. The predicted octanol–water partition coefficient (Wildman–Crippen LogP) is 5.10. The summed E-state index contributed by atoms with van der Waals surface area (Å²) in [7, 11) is 0. The molecule has 0 saturated carbocycles. The SMILES string of the molecule is Cl.O=C(CSc1ncc[nH]1)Nc1ccc(Cl)cc1C(=O)c1ccccc1Cl. The number of H-pyrrole nitrogens is 1. The Morgan fingerprint density at radius 3 is 2.59 bits per heavy atom. The van der Waals surface area contributed by atoms with Crippen molar-refractivity contribution in [2.24, 2.45) is 0 Å². The molecule has 0 aliphatic rings. The van der Waals surface area contributed by atoms with Gasteiger partial charge in [-0.2, -0.15) is 0 Å². The van der Waals surface area contributed by atoms with E-state index in [-0.39, 0.29) is 35.4 Å². The average molecular weight is 443 g/mol. The molecule has 1 aromatic heterocycles. The Morgan fingerprint density at radius 1 is 1.11 bits per heavy atom. The van der Waals surface area contributed by atoms with Gasteiger partial charge in [-0.25, -0.2) is 4.98 Å². The fraction of sp³-hybridized carbons (Fsp3) is 0.0556. The molecule has 5 nitrogen and oxygen atoms in total. The summed E-state index contributed by atoms with van der Waals surface area (Å²) in [6.45, 7) is 0. The Kier molecular flexibility index (Phi) is 7.74. The average Bonchev–Trinajstić information content (AvgIpc) is 3.15. The molecule has 0 spiro atoms. The number of carbonyl (C=O) groups excluding carboxylic acids is 2. The lowest BCUT2D eigenvalue weighted by Gasteiger charge is -2.11. The van der Waals surface area contributed by atoms with Crippen LogP contribution in [0.2, 0.25) is 10.0 Å². The molecule has 1 heterocycles. The first-order valence-electron chi connectivity index (χ1n) is 7.55. The maximum atomic E-state index is 12.9. The molecule has 27 heavy (non-hydrogen) atoms. The number of aromatic amines is 1. The van der Waals surface area contributed by atoms with E-state index in [1.165, 1.54) is 17.8 Å². The van der Waals surface area contributed by atoms with E-state index in [1.807, 2.05) is 0 Å². The van der Waals surface area contributed by atoms with Crippen LogP contribution < -0.4 is 5.32 Å². The van der Waals surface area contributed by atoms with Crippen LogP contribution in [0.5, 0.6) is 0 Å². The number of nitrogens with one attached hydrogen (secondary N) is 2. The normalized spacial score (nSPS) is 10.1. The molecule has 0 fully saturated rings. The Balaban J connectivity index is 0.00000261. The van der Waals surface area contributed by atoms with Gasteiger partial charge in [0.1, 0.15) is 0 Å². The van der Waals surface area contributed by atoms with E-state index < -0.39 is 0 Å². The van der Waals surface area contributed by atoms with Gasteiger partial charge in [-0.05, 0) is 30.3 Å². The van der Waals surface area contributed by atoms with Gasteiger partial charge in [-0.1, -0.05) is 47.1 Å². The molecular weight excluding hydrogens is 429 g/mol. The number of hydrogen-bond donors (Lipinski definition) is 2. The summed E-state index contributed by atoms with van der Waals surface area (Å²) in [6.07, 6.45) is 3.29. The van der Waals surface area contributed by atoms with Gasteiger partial charge in [0.15, 0.2) is 10.9 Å². The molecule has 0 aliphatic heterocycles. The molecule has 1 amide bonds. The minimum atomic E-state index is -0.313. The second kappa shape index (κ2) is 9.80. The number of halogens is 3. The largest absolute Gasteiger partial charge is 0.340 e. The molecule has 2 N–H and O–H groups in total. The molecule has 2 aromatic carbocycles. The summed E-state index contributed by atoms with van der Waals surface area (Å²) >= 11 is 13.4. The van der Waals surface area contributed by atoms with Crippen LogP contribution in [-0.4, -0.2) is 27.4 Å². The molecule has 9 heteroatoms. The molecule has 0 saturated heterocycles. The quantitative estimate of drug-likeness (QED) is 0.411. The zero-order valence-electron chi connectivity index (χ0n) is 13.7. The number of imidazole rings is 1. The Morgan fingerprint density at radius 2 is 1.89 bits per heavy atom. The fourth-order valence-electron chi connectivity index (χ4n) is 2.25. The second-order valence-electron chi connectivity index (χ2n) is 5.23. The molecule has 0 unspecified atom stereocenters. The second-order valence-corrected chi connectivity index (χ2v) is 7.04. The van der Waals surface area contributed by atoms with Gasteiger partial charge in [0.2, 0.25) is 5.91 Å². The molecule has 0 aliphatic carbocycles. The van der Waals surface area contributed by atoms with Crippen molar-refractivity contribution >= 4 is 64.7 Å². The van der Waals surface area contributed by atoms with E-state index in [4.69, 9.17) is 23.2 Å². The smallest absolute Gasteiger partial charge is 0.234 e. The summed E-state index contributed by atoms with van der Waals surface area (Å²) in [5, 5.41) is 4.12. The van der Waals surface area contributed by atoms with Gasteiger partial charge in [0, 0.05) is 28.5 Å². The summed E-state index contributed by atoms with van der Waals surface area (Å²) in [6, 6.07) is 11.5. The van der Waals surface area contributed by atoms with Crippen molar-refractivity contribution in [1.82, 2.24) is 9.97 Å². The van der Waals surface area contributed by atoms with E-state index in [9.17, 15) is 9.59 Å². The van der Waals surface area contributed by atoms with Crippen LogP contribution in [-0.2, 0) is 4.79 Å². The van der Waals surface area contributed by atoms with Gasteiger partial charge in [-0.3, -0.25) is 9.59 Å². The third-order valence-electron chi connectivity index (χ3n) is 3.43. The van der Waals surface area contributed by atoms with Crippen molar-refractivity contribution in [2.45, 2.75) is 5.16 Å². The lowest BCUT2D eigenvalue weighted by Crippen LogP contribution is -2.17. The monoisotopic (exact) mass is 441 g/mol. The topological polar surface area (TPSA) is 74.8 Å². The molecular formula is C18H14Cl3N3O2S. The highest BCUT2D eigenvalue weighted by atomic mass is 35.5. The zero-order chi connectivity index (χ0) is 18.5. The number of rotatable bonds is 6. The van der Waals surface area contributed by atoms with Crippen molar-refractivity contribution < 1.29 is 9.59 Å². The molecule has 0 bridgehead atoms. The van der Waals surface area contributed by atoms with Crippen LogP contribution >= 0.6 is 47.4 Å². The van der Waals surface area contributed by atoms with Crippen molar-refractivity contribution in [3.63, 3.8) is 0 Å². The lowest BCUT2D eigenvalue weighted by atomic mass is 10.0. The summed E-state index contributed by atoms with van der Waals surface area (Å²) in [5.41, 5.74) is 1.00. The lowest BCUT2D eigenvalue weighted by molar-refractivity contribution is -0.113. The zero-order valence-corrected chi connectivity index (χ0v) is 16.9. The molecule has 140 valence electrons. The minimum absolute atomic E-state index is 0. The highest BCUT2D eigenvalue weighted by Crippen LogP contribution is 2.27. The van der Waals surface area contributed by atoms with Gasteiger partial charge >= 0.3 is 0 Å². The number of carbonyl (C=O) groups is 2. The number of aromatic nitrogens is 2. The molecule has 3 rings (SSSR count). The van der Waals surface area contributed by atoms with Crippen molar-refractivity contribution in [1.29, 1.82) is 0 Å². The van der Waals surface area contributed by atoms with E-state index in [1.54, 1.807) is 48.8 Å². The van der Waals surface area contributed by atoms with Crippen LogP contribution in [0.15, 0.2) is 60.0 Å². The molecule has 3 aromatic rings. The first-order valence-corrected chi connectivity index (χ1v) is 9.29. The van der Waals surface area contributed by atoms with Crippen LogP contribution in [0.3, 0.4) is 0 Å². The van der Waals surface area contributed by atoms with Gasteiger partial charge in [0.05, 0.1) is 16.5 Å². The van der Waals surface area contributed by atoms with E-state index in [0.29, 0.717) is 26.5 Å². The van der Waals surface area contributed by atoms with Crippen LogP contribution in [0.4, 0.5) is 5.69 Å². The number of benzene rings is 2. The van der Waals surface area contributed by atoms with Crippen molar-refractivity contribution in [3.05, 3.63) is 76.0 Å². The van der Waals surface area contributed by atoms with Gasteiger partial charge in [-0.15, -0.1) is 12.4 Å². The van der Waals surface area contributed by atoms with Gasteiger partial charge < -0.3 is 10.3 Å². The Labute approximate surface area is 176 Å². The van der Waals surface area contributed by atoms with Crippen LogP contribution in [0.25, 0.3) is 0 Å². The standard InChI is InChI=1S/C18H13Cl2N3O2S.ClH/c19-11-5-6-15(23-16(24)10-26-18-21-7-8-22-18)13(9-11)17(25)12-3-1-2-4-14(12)20;/h1-9H,10H2,(H,21,22)(H,23,24);1H. The Bertz CT molecular complexity index is 949. The number of anilines is 1. The summed E-state index contributed by atoms with van der Waals surface area (Å²) in [4.78, 5) is 32.0. The number of ketones is 1. The van der Waals surface area contributed by atoms with E-state index in [0.717, 1.165) is 0 Å². The predicted molar refractivity (Wildman–Crippen MR) is 112 cm³/mol. The van der Waals surface area contributed by atoms with Crippen molar-refractivity contribution in [3.8, 4) is 0 Å². The first-order chi connectivity index (χ1) is 12.5. The first kappa shape index (κ1) is 21.3. The molecule has 0 atom stereocenters. The third kappa shape index (κ3) is 5.49. The molecule has 0 radical (unpaired) electrons. The van der Waals surface area contributed by atoms with Crippen molar-refractivity contribution in [2.75, 3.05) is 11.1 Å². The highest BCUT2D eigenvalue weighted by Gasteiger charge is 2.18. The van der Waals surface area contributed by atoms with E-state index in [2.05, 4.69) is 15.3 Å². The fourth-order valence-corrected chi connectivity index (χ4v) is 3.27. The third-order valence-corrected chi connectivity index (χ3v) is 4.90. The van der Waals surface area contributed by atoms with Crippen LogP contribution in [0.1, 0.15) is 15.9 Å². The summed E-state index contributed by atoms with van der Waals surface area (Å²) < 4.78 is 0. The summed E-state index contributed by atoms with van der Waals surface area (Å²) in [5.74, 6) is -0.426. The van der Waals surface area contributed by atoms with E-state index >= 15 is 0 Å². The number of thioether (sulfide) groups is 1. The minimum Gasteiger partial charge on any atom is -0.340 e. The van der Waals surface area contributed by atoms with Gasteiger partial charge in [0.25, 0.3) is 0 Å². The highest BCUT2D eigenvalue weighted by molar-refractivity contribution is 7.99. The maximum Gasteiger partial charge on any atom is 0.234 e. The Hall–Kier alpha value is -1.99. The maximum absolute atomic E-state index is 12.9. The number of amides is 1. The number of hydrogen-bond acceptors (Lipinski definition) is 4.